The number of hydrogen-bond acceptors (Lipinski definition) is 4. The molecule has 0 saturated carbocycles. The van der Waals surface area contributed by atoms with Crippen molar-refractivity contribution >= 4 is 12.1 Å². The molecule has 0 aliphatic rings. The Bertz CT molecular complexity index is 607. The van der Waals surface area contributed by atoms with Crippen molar-refractivity contribution in [3.05, 3.63) is 34.9 Å². The van der Waals surface area contributed by atoms with Crippen molar-refractivity contribution in [1.82, 2.24) is 5.32 Å². The second-order valence-electron chi connectivity index (χ2n) is 8.53. The molecule has 6 heteroatoms. The summed E-state index contributed by atoms with van der Waals surface area (Å²) in [4.78, 5) is 23.0. The lowest BCUT2D eigenvalue weighted by Gasteiger charge is -2.21. The minimum atomic E-state index is -1.16. The third-order valence-electron chi connectivity index (χ3n) is 3.95. The minimum absolute atomic E-state index is 0.123. The maximum atomic E-state index is 11.7. The number of carboxylic acid groups (broad SMARTS) is 1. The molecule has 0 rings (SSSR count). The lowest BCUT2D eigenvalue weighted by molar-refractivity contribution is -0.141. The molecule has 0 radical (unpaired) electrons. The summed E-state index contributed by atoms with van der Waals surface area (Å²) < 4.78 is 10.5. The highest BCUT2D eigenvalue weighted by atomic mass is 16.6. The topological polar surface area (TPSA) is 84.9 Å². The number of carboxylic acids is 1. The van der Waals surface area contributed by atoms with Crippen LogP contribution in [-0.4, -0.2) is 42.0 Å². The molecule has 0 aromatic heterocycles. The van der Waals surface area contributed by atoms with Gasteiger partial charge in [0.05, 0.1) is 13.2 Å². The van der Waals surface area contributed by atoms with E-state index in [9.17, 15) is 14.7 Å². The van der Waals surface area contributed by atoms with Crippen LogP contribution in [0.2, 0.25) is 0 Å². The van der Waals surface area contributed by atoms with Gasteiger partial charge in [-0.25, -0.2) is 9.59 Å². The van der Waals surface area contributed by atoms with Gasteiger partial charge < -0.3 is 19.9 Å². The molecule has 0 saturated heterocycles. The zero-order valence-electron chi connectivity index (χ0n) is 19.1. The Labute approximate surface area is 176 Å². The van der Waals surface area contributed by atoms with Gasteiger partial charge in [0.15, 0.2) is 6.04 Å². The van der Waals surface area contributed by atoms with Gasteiger partial charge in [0.25, 0.3) is 0 Å². The first kappa shape index (κ1) is 26.9. The Balaban J connectivity index is 4.25. The van der Waals surface area contributed by atoms with Crippen LogP contribution in [0.3, 0.4) is 0 Å². The highest BCUT2D eigenvalue weighted by Gasteiger charge is 2.23. The van der Waals surface area contributed by atoms with Crippen LogP contribution in [0.1, 0.15) is 74.1 Å². The second-order valence-corrected chi connectivity index (χ2v) is 8.53. The second kappa shape index (κ2) is 14.0. The first-order chi connectivity index (χ1) is 13.4. The molecule has 0 aromatic carbocycles. The zero-order chi connectivity index (χ0) is 22.4. The summed E-state index contributed by atoms with van der Waals surface area (Å²) in [5.41, 5.74) is 3.24. The number of allylic oxidation sites excluding steroid dienone is 5. The van der Waals surface area contributed by atoms with Crippen molar-refractivity contribution in [3.63, 3.8) is 0 Å². The number of aliphatic carboxylic acids is 1. The quantitative estimate of drug-likeness (QED) is 0.333. The molecule has 1 atom stereocenters. The number of alkyl carbamates (subject to hydrolysis) is 1. The molecule has 0 heterocycles. The molecule has 0 fully saturated rings. The van der Waals surface area contributed by atoms with Gasteiger partial charge in [0.2, 0.25) is 0 Å². The van der Waals surface area contributed by atoms with E-state index in [1.165, 1.54) is 16.7 Å². The number of nitrogens with one attached hydrogen (secondary N) is 1. The molecule has 0 aromatic rings. The predicted molar refractivity (Wildman–Crippen MR) is 117 cm³/mol. The molecule has 2 N–H and O–H groups in total. The van der Waals surface area contributed by atoms with Gasteiger partial charge in [-0.15, -0.1) is 0 Å². The molecule has 1 unspecified atom stereocenters. The van der Waals surface area contributed by atoms with Crippen molar-refractivity contribution in [2.75, 3.05) is 13.2 Å². The van der Waals surface area contributed by atoms with Gasteiger partial charge in [-0.1, -0.05) is 34.9 Å². The van der Waals surface area contributed by atoms with Gasteiger partial charge in [-0.05, 0) is 74.1 Å². The number of hydrogen-bond donors (Lipinski definition) is 2. The minimum Gasteiger partial charge on any atom is -0.480 e. The van der Waals surface area contributed by atoms with Gasteiger partial charge in [0.1, 0.15) is 5.60 Å². The fourth-order valence-corrected chi connectivity index (χ4v) is 2.35. The third-order valence-corrected chi connectivity index (χ3v) is 3.95. The van der Waals surface area contributed by atoms with Gasteiger partial charge in [-0.2, -0.15) is 0 Å². The fraction of sp³-hybridized carbons (Fsp3) is 0.652. The number of carbonyl (C=O) groups excluding carboxylic acids is 1. The maximum Gasteiger partial charge on any atom is 0.408 e. The molecule has 0 aliphatic carbocycles. The van der Waals surface area contributed by atoms with E-state index in [-0.39, 0.29) is 6.61 Å². The molecule has 0 spiro atoms. The van der Waals surface area contributed by atoms with E-state index in [1.807, 2.05) is 13.0 Å². The highest BCUT2D eigenvalue weighted by molar-refractivity contribution is 5.80. The number of ether oxygens (including phenoxy) is 2. The van der Waals surface area contributed by atoms with Crippen LogP contribution < -0.4 is 5.32 Å². The average Bonchev–Trinajstić information content (AvgIpc) is 2.55. The van der Waals surface area contributed by atoms with Gasteiger partial charge >= 0.3 is 12.1 Å². The van der Waals surface area contributed by atoms with Crippen LogP contribution in [0, 0.1) is 0 Å². The van der Waals surface area contributed by atoms with Crippen molar-refractivity contribution in [3.8, 4) is 0 Å². The van der Waals surface area contributed by atoms with E-state index < -0.39 is 23.7 Å². The summed E-state index contributed by atoms with van der Waals surface area (Å²) in [6, 6.07) is -1.15. The van der Waals surface area contributed by atoms with E-state index in [1.54, 1.807) is 20.8 Å². The average molecular weight is 410 g/mol. The van der Waals surface area contributed by atoms with Crippen LogP contribution in [-0.2, 0) is 14.3 Å². The van der Waals surface area contributed by atoms with Crippen LogP contribution in [0.5, 0.6) is 0 Å². The molecule has 0 aliphatic heterocycles. The Kier molecular flexibility index (Phi) is 13.0. The third kappa shape index (κ3) is 16.6. The number of amides is 1. The Hall–Kier alpha value is -2.08. The molecule has 1 amide bonds. The smallest absolute Gasteiger partial charge is 0.408 e. The summed E-state index contributed by atoms with van der Waals surface area (Å²) in [5.74, 6) is -1.16. The summed E-state index contributed by atoms with van der Waals surface area (Å²) in [5, 5.41) is 11.5. The molecule has 29 heavy (non-hydrogen) atoms. The molecule has 166 valence electrons. The van der Waals surface area contributed by atoms with E-state index in [2.05, 4.69) is 38.2 Å². The van der Waals surface area contributed by atoms with Crippen LogP contribution in [0.15, 0.2) is 34.9 Å². The Morgan fingerprint density at radius 1 is 0.966 bits per heavy atom. The standard InChI is InChI=1S/C23H39NO5/c1-17(2)10-8-11-18(3)12-9-13-19(4)14-15-28-16-20(21(25)26)24-22(27)29-23(5,6)7/h10,12,14,20H,8-9,11,13,15-16H2,1-7H3,(H,24,27)(H,25,26)/b18-12+,19-14+. The van der Waals surface area contributed by atoms with E-state index in [4.69, 9.17) is 9.47 Å². The zero-order valence-corrected chi connectivity index (χ0v) is 19.1. The van der Waals surface area contributed by atoms with Crippen molar-refractivity contribution < 1.29 is 24.2 Å². The summed E-state index contributed by atoms with van der Waals surface area (Å²) in [6.45, 7) is 13.7. The Morgan fingerprint density at radius 3 is 2.03 bits per heavy atom. The van der Waals surface area contributed by atoms with Crippen LogP contribution in [0.4, 0.5) is 4.79 Å². The monoisotopic (exact) mass is 409 g/mol. The first-order valence-corrected chi connectivity index (χ1v) is 10.2. The molecular formula is C23H39NO5. The van der Waals surface area contributed by atoms with Gasteiger partial charge in [-0.3, -0.25) is 0 Å². The van der Waals surface area contributed by atoms with E-state index in [0.29, 0.717) is 6.61 Å². The summed E-state index contributed by atoms with van der Waals surface area (Å²) in [7, 11) is 0. The van der Waals surface area contributed by atoms with Crippen LogP contribution in [0.25, 0.3) is 0 Å². The van der Waals surface area contributed by atoms with E-state index >= 15 is 0 Å². The first-order valence-electron chi connectivity index (χ1n) is 10.2. The molecule has 6 nitrogen and oxygen atoms in total. The Morgan fingerprint density at radius 2 is 1.52 bits per heavy atom. The van der Waals surface area contributed by atoms with Crippen LogP contribution >= 0.6 is 0 Å². The summed E-state index contributed by atoms with van der Waals surface area (Å²) in [6.07, 6.45) is 9.76. The normalized spacial score (nSPS) is 13.6. The van der Waals surface area contributed by atoms with E-state index in [0.717, 1.165) is 25.7 Å². The SMILES string of the molecule is CC(C)=CCC/C(C)=C/CC/C(C)=C/COCC(NC(=O)OC(C)(C)C)C(=O)O. The molecule has 0 bridgehead atoms. The lowest BCUT2D eigenvalue weighted by atomic mass is 10.1. The van der Waals surface area contributed by atoms with Crippen molar-refractivity contribution in [1.29, 1.82) is 0 Å². The van der Waals surface area contributed by atoms with Crippen molar-refractivity contribution in [2.45, 2.75) is 85.8 Å². The lowest BCUT2D eigenvalue weighted by Crippen LogP contribution is -2.46. The van der Waals surface area contributed by atoms with Gasteiger partial charge in [0, 0.05) is 0 Å². The maximum absolute atomic E-state index is 11.7. The largest absolute Gasteiger partial charge is 0.480 e. The van der Waals surface area contributed by atoms with Crippen molar-refractivity contribution in [2.24, 2.45) is 0 Å². The predicted octanol–water partition coefficient (Wildman–Crippen LogP) is 5.40. The molecular weight excluding hydrogens is 370 g/mol. The fourth-order valence-electron chi connectivity index (χ4n) is 2.35. The number of rotatable bonds is 12. The number of carbonyl (C=O) groups is 2. The highest BCUT2D eigenvalue weighted by Crippen LogP contribution is 2.11. The summed E-state index contributed by atoms with van der Waals surface area (Å²) >= 11 is 0.